The fraction of sp³-hybridized carbons (Fsp3) is 0.133. The highest BCUT2D eigenvalue weighted by atomic mass is 35.5. The second-order valence-electron chi connectivity index (χ2n) is 4.50. The molecule has 6 heteroatoms. The van der Waals surface area contributed by atoms with Gasteiger partial charge < -0.3 is 0 Å². The molecular formula is C15H11ClFNO2S. The lowest BCUT2D eigenvalue weighted by Crippen LogP contribution is -2.10. The van der Waals surface area contributed by atoms with Gasteiger partial charge in [-0.2, -0.15) is 5.26 Å². The number of hydrogen-bond acceptors (Lipinski definition) is 3. The highest BCUT2D eigenvalue weighted by molar-refractivity contribution is 7.89. The van der Waals surface area contributed by atoms with E-state index >= 15 is 0 Å². The van der Waals surface area contributed by atoms with Crippen molar-refractivity contribution in [2.45, 2.75) is 11.5 Å². The summed E-state index contributed by atoms with van der Waals surface area (Å²) in [5.74, 6) is -1.49. The Morgan fingerprint density at radius 3 is 2.48 bits per heavy atom. The molecule has 0 saturated carbocycles. The molecule has 2 aromatic carbocycles. The summed E-state index contributed by atoms with van der Waals surface area (Å²) in [6.07, 6.45) is 0. The van der Waals surface area contributed by atoms with Gasteiger partial charge in [0.2, 0.25) is 0 Å². The van der Waals surface area contributed by atoms with E-state index in [0.29, 0.717) is 11.1 Å². The van der Waals surface area contributed by atoms with Crippen molar-refractivity contribution in [3.63, 3.8) is 0 Å². The van der Waals surface area contributed by atoms with Crippen LogP contribution in [-0.2, 0) is 21.3 Å². The van der Waals surface area contributed by atoms with Gasteiger partial charge in [0.1, 0.15) is 5.82 Å². The highest BCUT2D eigenvalue weighted by Gasteiger charge is 2.19. The molecule has 108 valence electrons. The minimum Gasteiger partial charge on any atom is -0.228 e. The molecule has 0 aliphatic carbocycles. The monoisotopic (exact) mass is 323 g/mol. The summed E-state index contributed by atoms with van der Waals surface area (Å²) >= 11 is 5.84. The topological polar surface area (TPSA) is 57.9 Å². The lowest BCUT2D eigenvalue weighted by atomic mass is 10.1. The maximum atomic E-state index is 13.7. The van der Waals surface area contributed by atoms with Gasteiger partial charge in [-0.25, -0.2) is 12.8 Å². The van der Waals surface area contributed by atoms with E-state index in [1.54, 1.807) is 24.3 Å². The van der Waals surface area contributed by atoms with E-state index < -0.39 is 21.4 Å². The van der Waals surface area contributed by atoms with Gasteiger partial charge in [0.15, 0.2) is 9.84 Å². The molecule has 2 rings (SSSR count). The molecule has 0 amide bonds. The second-order valence-corrected chi connectivity index (χ2v) is 6.97. The molecule has 3 nitrogen and oxygen atoms in total. The maximum absolute atomic E-state index is 13.7. The molecule has 0 bridgehead atoms. The van der Waals surface area contributed by atoms with Crippen molar-refractivity contribution < 1.29 is 12.8 Å². The van der Waals surface area contributed by atoms with Gasteiger partial charge in [-0.15, -0.1) is 0 Å². The standard InChI is InChI=1S/C15H11ClFNO2S/c16-14-6-3-7-15(17)13(14)10-21(19,20)9-12-5-2-1-4-11(12)8-18/h1-7H,9-10H2. The van der Waals surface area contributed by atoms with Gasteiger partial charge in [-0.1, -0.05) is 35.9 Å². The summed E-state index contributed by atoms with van der Waals surface area (Å²) in [6, 6.07) is 12.4. The van der Waals surface area contributed by atoms with Crippen LogP contribution < -0.4 is 0 Å². The van der Waals surface area contributed by atoms with Gasteiger partial charge in [-0.05, 0) is 23.8 Å². The third-order valence-electron chi connectivity index (χ3n) is 2.94. The first kappa shape index (κ1) is 15.5. The summed E-state index contributed by atoms with van der Waals surface area (Å²) in [4.78, 5) is 0. The number of nitrogens with zero attached hydrogens (tertiary/aromatic N) is 1. The molecular weight excluding hydrogens is 313 g/mol. The minimum absolute atomic E-state index is 0.0476. The minimum atomic E-state index is -3.64. The smallest absolute Gasteiger partial charge is 0.158 e. The van der Waals surface area contributed by atoms with Crippen LogP contribution >= 0.6 is 11.6 Å². The Morgan fingerprint density at radius 2 is 1.81 bits per heavy atom. The van der Waals surface area contributed by atoms with Crippen molar-refractivity contribution in [2.75, 3.05) is 0 Å². The number of hydrogen-bond donors (Lipinski definition) is 0. The van der Waals surface area contributed by atoms with Crippen LogP contribution in [0.3, 0.4) is 0 Å². The molecule has 0 fully saturated rings. The predicted molar refractivity (Wildman–Crippen MR) is 78.9 cm³/mol. The van der Waals surface area contributed by atoms with Gasteiger partial charge in [-0.3, -0.25) is 0 Å². The van der Waals surface area contributed by atoms with E-state index in [9.17, 15) is 12.8 Å². The van der Waals surface area contributed by atoms with Crippen molar-refractivity contribution in [1.82, 2.24) is 0 Å². The average molecular weight is 324 g/mol. The van der Waals surface area contributed by atoms with Crippen LogP contribution in [0.5, 0.6) is 0 Å². The van der Waals surface area contributed by atoms with E-state index in [2.05, 4.69) is 0 Å². The van der Waals surface area contributed by atoms with E-state index in [4.69, 9.17) is 16.9 Å². The molecule has 0 spiro atoms. The molecule has 0 aliphatic rings. The molecule has 0 radical (unpaired) electrons. The van der Waals surface area contributed by atoms with Gasteiger partial charge >= 0.3 is 0 Å². The van der Waals surface area contributed by atoms with Crippen LogP contribution in [0.1, 0.15) is 16.7 Å². The number of benzene rings is 2. The van der Waals surface area contributed by atoms with Crippen LogP contribution in [0, 0.1) is 17.1 Å². The van der Waals surface area contributed by atoms with Crippen molar-refractivity contribution >= 4 is 21.4 Å². The normalized spacial score (nSPS) is 11.1. The van der Waals surface area contributed by atoms with Crippen molar-refractivity contribution in [2.24, 2.45) is 0 Å². The lowest BCUT2D eigenvalue weighted by molar-refractivity contribution is 0.586. The van der Waals surface area contributed by atoms with Crippen LogP contribution in [0.25, 0.3) is 0 Å². The fourth-order valence-corrected chi connectivity index (χ4v) is 3.80. The summed E-state index contributed by atoms with van der Waals surface area (Å²) in [5, 5.41) is 9.04. The first-order valence-corrected chi connectivity index (χ1v) is 8.24. The second kappa shape index (κ2) is 6.25. The highest BCUT2D eigenvalue weighted by Crippen LogP contribution is 2.23. The quantitative estimate of drug-likeness (QED) is 0.865. The molecule has 0 aliphatic heterocycles. The third kappa shape index (κ3) is 3.81. The number of halogens is 2. The number of nitriles is 1. The van der Waals surface area contributed by atoms with E-state index in [-0.39, 0.29) is 16.3 Å². The van der Waals surface area contributed by atoms with Crippen LogP contribution in [0.15, 0.2) is 42.5 Å². The van der Waals surface area contributed by atoms with E-state index in [1.807, 2.05) is 6.07 Å². The predicted octanol–water partition coefficient (Wildman–Crippen LogP) is 3.47. The molecule has 0 aromatic heterocycles. The number of rotatable bonds is 4. The number of sulfone groups is 1. The summed E-state index contributed by atoms with van der Waals surface area (Å²) in [6.45, 7) is 0. The molecule has 0 unspecified atom stereocenters. The fourth-order valence-electron chi connectivity index (χ4n) is 1.93. The summed E-state index contributed by atoms with van der Waals surface area (Å²) in [7, 11) is -3.64. The molecule has 0 N–H and O–H groups in total. The zero-order chi connectivity index (χ0) is 15.5. The Morgan fingerprint density at radius 1 is 1.10 bits per heavy atom. The largest absolute Gasteiger partial charge is 0.228 e. The molecule has 2 aromatic rings. The Bertz CT molecular complexity index is 792. The SMILES string of the molecule is N#Cc1ccccc1CS(=O)(=O)Cc1c(F)cccc1Cl. The summed E-state index contributed by atoms with van der Waals surface area (Å²) in [5.41, 5.74) is 0.641. The maximum Gasteiger partial charge on any atom is 0.158 e. The zero-order valence-corrected chi connectivity index (χ0v) is 12.5. The van der Waals surface area contributed by atoms with Crippen molar-refractivity contribution in [3.05, 3.63) is 70.0 Å². The molecule has 0 heterocycles. The van der Waals surface area contributed by atoms with Crippen molar-refractivity contribution in [1.29, 1.82) is 5.26 Å². The molecule has 0 atom stereocenters. The van der Waals surface area contributed by atoms with E-state index in [0.717, 1.165) is 0 Å². The first-order chi connectivity index (χ1) is 9.93. The van der Waals surface area contributed by atoms with Gasteiger partial charge in [0.25, 0.3) is 0 Å². The zero-order valence-electron chi connectivity index (χ0n) is 10.9. The van der Waals surface area contributed by atoms with Crippen molar-refractivity contribution in [3.8, 4) is 6.07 Å². The Balaban J connectivity index is 2.30. The molecule has 21 heavy (non-hydrogen) atoms. The third-order valence-corrected chi connectivity index (χ3v) is 4.77. The van der Waals surface area contributed by atoms with Crippen LogP contribution in [-0.4, -0.2) is 8.42 Å². The van der Waals surface area contributed by atoms with E-state index in [1.165, 1.54) is 18.2 Å². The van der Waals surface area contributed by atoms with Gasteiger partial charge in [0, 0.05) is 10.6 Å². The Labute approximate surface area is 127 Å². The van der Waals surface area contributed by atoms with Gasteiger partial charge in [0.05, 0.1) is 23.1 Å². The summed E-state index contributed by atoms with van der Waals surface area (Å²) < 4.78 is 38.1. The van der Waals surface area contributed by atoms with Crippen LogP contribution in [0.2, 0.25) is 5.02 Å². The average Bonchev–Trinajstić information content (AvgIpc) is 2.43. The Kier molecular flexibility index (Phi) is 4.61. The lowest BCUT2D eigenvalue weighted by Gasteiger charge is -2.08. The molecule has 0 saturated heterocycles. The first-order valence-electron chi connectivity index (χ1n) is 6.04. The Hall–Kier alpha value is -1.90. The van der Waals surface area contributed by atoms with Crippen LogP contribution in [0.4, 0.5) is 4.39 Å².